The smallest absolute Gasteiger partial charge is 0.261 e. The van der Waals surface area contributed by atoms with E-state index in [4.69, 9.17) is 0 Å². The molecule has 138 valence electrons. The van der Waals surface area contributed by atoms with Crippen molar-refractivity contribution in [2.24, 2.45) is 0 Å². The molecule has 9 heteroatoms. The second-order valence-corrected chi connectivity index (χ2v) is 10.1. The normalized spacial score (nSPS) is 21.8. The van der Waals surface area contributed by atoms with Crippen molar-refractivity contribution in [3.8, 4) is 0 Å². The minimum atomic E-state index is -3.07. The minimum Gasteiger partial charge on any atom is -0.334 e. The molecule has 0 N–H and O–H groups in total. The number of hydrogen-bond acceptors (Lipinski definition) is 5. The Morgan fingerprint density at radius 1 is 1.27 bits per heavy atom. The highest BCUT2D eigenvalue weighted by Crippen LogP contribution is 2.32. The van der Waals surface area contributed by atoms with Gasteiger partial charge in [-0.3, -0.25) is 14.2 Å². The van der Waals surface area contributed by atoms with Gasteiger partial charge in [0.05, 0.1) is 28.7 Å². The van der Waals surface area contributed by atoms with E-state index in [1.807, 2.05) is 0 Å². The number of carbonyl (C=O) groups is 1. The monoisotopic (exact) mass is 439 g/mol. The summed E-state index contributed by atoms with van der Waals surface area (Å²) < 4.78 is 25.7. The van der Waals surface area contributed by atoms with Crippen LogP contribution in [0.3, 0.4) is 0 Å². The van der Waals surface area contributed by atoms with Crippen molar-refractivity contribution < 1.29 is 13.2 Å². The Morgan fingerprint density at radius 2 is 2.04 bits per heavy atom. The van der Waals surface area contributed by atoms with Gasteiger partial charge in [0.15, 0.2) is 9.84 Å². The Hall–Kier alpha value is -1.74. The largest absolute Gasteiger partial charge is 0.334 e. The van der Waals surface area contributed by atoms with Crippen molar-refractivity contribution in [2.45, 2.75) is 37.9 Å². The van der Waals surface area contributed by atoms with Gasteiger partial charge in [-0.25, -0.2) is 13.4 Å². The maximum atomic E-state index is 12.9. The molecule has 7 nitrogen and oxygen atoms in total. The van der Waals surface area contributed by atoms with Crippen LogP contribution in [0.1, 0.15) is 19.3 Å². The Morgan fingerprint density at radius 3 is 2.69 bits per heavy atom. The highest BCUT2D eigenvalue weighted by atomic mass is 79.9. The molecule has 0 unspecified atom stereocenters. The molecule has 26 heavy (non-hydrogen) atoms. The predicted molar refractivity (Wildman–Crippen MR) is 101 cm³/mol. The molecule has 2 aromatic rings. The fourth-order valence-corrected chi connectivity index (χ4v) is 5.60. The first kappa shape index (κ1) is 17.7. The number of hydrogen-bond donors (Lipinski definition) is 0. The van der Waals surface area contributed by atoms with Crippen molar-refractivity contribution in [1.82, 2.24) is 14.5 Å². The van der Waals surface area contributed by atoms with Gasteiger partial charge in [-0.1, -0.05) is 15.9 Å². The molecule has 2 heterocycles. The summed E-state index contributed by atoms with van der Waals surface area (Å²) in [6.45, 7) is -0.124. The molecule has 1 atom stereocenters. The molecule has 1 aliphatic carbocycles. The van der Waals surface area contributed by atoms with Crippen LogP contribution < -0.4 is 5.56 Å². The van der Waals surface area contributed by atoms with Crippen molar-refractivity contribution in [1.29, 1.82) is 0 Å². The van der Waals surface area contributed by atoms with E-state index < -0.39 is 9.84 Å². The van der Waals surface area contributed by atoms with Gasteiger partial charge in [0.2, 0.25) is 5.91 Å². The van der Waals surface area contributed by atoms with Gasteiger partial charge in [-0.2, -0.15) is 0 Å². The maximum absolute atomic E-state index is 12.9. The molecule has 2 aliphatic rings. The van der Waals surface area contributed by atoms with Gasteiger partial charge in [0, 0.05) is 16.6 Å². The van der Waals surface area contributed by atoms with E-state index in [2.05, 4.69) is 20.9 Å². The number of benzene rings is 1. The van der Waals surface area contributed by atoms with E-state index in [9.17, 15) is 18.0 Å². The number of amides is 1. The number of aromatic nitrogens is 2. The summed E-state index contributed by atoms with van der Waals surface area (Å²) in [5, 5.41) is 0.441. The first-order valence-corrected chi connectivity index (χ1v) is 11.1. The van der Waals surface area contributed by atoms with E-state index in [0.29, 0.717) is 17.3 Å². The third kappa shape index (κ3) is 3.42. The number of nitrogens with zero attached hydrogens (tertiary/aromatic N) is 3. The molecule has 4 rings (SSSR count). The summed E-state index contributed by atoms with van der Waals surface area (Å²) >= 11 is 3.34. The third-order valence-electron chi connectivity index (χ3n) is 4.92. The highest BCUT2D eigenvalue weighted by Gasteiger charge is 2.42. The van der Waals surface area contributed by atoms with Crippen molar-refractivity contribution in [3.05, 3.63) is 39.4 Å². The van der Waals surface area contributed by atoms with Crippen LogP contribution in [-0.4, -0.2) is 52.4 Å². The lowest BCUT2D eigenvalue weighted by atomic mass is 10.2. The van der Waals surface area contributed by atoms with Crippen LogP contribution in [0.25, 0.3) is 10.9 Å². The first-order chi connectivity index (χ1) is 12.3. The topological polar surface area (TPSA) is 89.3 Å². The minimum absolute atomic E-state index is 0.0209. The molecular weight excluding hydrogens is 422 g/mol. The molecule has 1 amide bonds. The van der Waals surface area contributed by atoms with Crippen LogP contribution in [0.2, 0.25) is 0 Å². The highest BCUT2D eigenvalue weighted by molar-refractivity contribution is 9.10. The van der Waals surface area contributed by atoms with Crippen LogP contribution in [0.15, 0.2) is 33.8 Å². The Kier molecular flexibility index (Phi) is 4.38. The van der Waals surface area contributed by atoms with Crippen molar-refractivity contribution >= 4 is 42.6 Å². The first-order valence-electron chi connectivity index (χ1n) is 8.50. The van der Waals surface area contributed by atoms with Crippen LogP contribution in [0.5, 0.6) is 0 Å². The molecule has 1 saturated heterocycles. The van der Waals surface area contributed by atoms with Crippen LogP contribution >= 0.6 is 15.9 Å². The summed E-state index contributed by atoms with van der Waals surface area (Å²) in [5.74, 6) is -0.0694. The van der Waals surface area contributed by atoms with Crippen molar-refractivity contribution in [3.63, 3.8) is 0 Å². The van der Waals surface area contributed by atoms with E-state index in [1.165, 1.54) is 10.9 Å². The zero-order chi connectivity index (χ0) is 18.5. The molecule has 2 fully saturated rings. The number of sulfone groups is 1. The molecule has 1 saturated carbocycles. The molecule has 0 spiro atoms. The summed E-state index contributed by atoms with van der Waals surface area (Å²) in [7, 11) is -3.07. The quantitative estimate of drug-likeness (QED) is 0.716. The second-order valence-electron chi connectivity index (χ2n) is 6.93. The third-order valence-corrected chi connectivity index (χ3v) is 7.17. The Bertz CT molecular complexity index is 1050. The Balaban J connectivity index is 1.61. The molecule has 1 aromatic heterocycles. The standard InChI is InChI=1S/C17H18BrN3O4S/c18-11-1-4-15-14(7-11)17(23)20(10-19-15)8-16(22)21(12-2-3-12)13-5-6-26(24,25)9-13/h1,4,7,10,12-13H,2-3,5-6,8-9H2/t13-/m0/s1. The van der Waals surface area contributed by atoms with Gasteiger partial charge < -0.3 is 4.90 Å². The van der Waals surface area contributed by atoms with Crippen LogP contribution in [0.4, 0.5) is 0 Å². The van der Waals surface area contributed by atoms with E-state index in [-0.39, 0.29) is 41.6 Å². The fourth-order valence-electron chi connectivity index (χ4n) is 3.52. The molecule has 1 aromatic carbocycles. The van der Waals surface area contributed by atoms with E-state index in [0.717, 1.165) is 17.3 Å². The predicted octanol–water partition coefficient (Wildman–Crippen LogP) is 1.34. The van der Waals surface area contributed by atoms with Gasteiger partial charge in [0.25, 0.3) is 5.56 Å². The Labute approximate surface area is 159 Å². The van der Waals surface area contributed by atoms with E-state index >= 15 is 0 Å². The zero-order valence-electron chi connectivity index (χ0n) is 14.0. The lowest BCUT2D eigenvalue weighted by Crippen LogP contribution is -2.45. The second kappa shape index (κ2) is 6.45. The number of fused-ring (bicyclic) bond motifs is 1. The fraction of sp³-hybridized carbons (Fsp3) is 0.471. The van der Waals surface area contributed by atoms with Crippen LogP contribution in [0, 0.1) is 0 Å². The van der Waals surface area contributed by atoms with Gasteiger partial charge in [0.1, 0.15) is 6.54 Å². The summed E-state index contributed by atoms with van der Waals surface area (Å²) in [6, 6.07) is 5.05. The van der Waals surface area contributed by atoms with Gasteiger partial charge >= 0.3 is 0 Å². The SMILES string of the molecule is O=C(Cn1cnc2ccc(Br)cc2c1=O)N(C1CC1)[C@H]1CCS(=O)(=O)C1. The molecule has 1 aliphatic heterocycles. The summed E-state index contributed by atoms with van der Waals surface area (Å²) in [5.41, 5.74) is 0.294. The van der Waals surface area contributed by atoms with Crippen molar-refractivity contribution in [2.75, 3.05) is 11.5 Å². The van der Waals surface area contributed by atoms with Crippen LogP contribution in [-0.2, 0) is 21.2 Å². The van der Waals surface area contributed by atoms with E-state index in [1.54, 1.807) is 23.1 Å². The van der Waals surface area contributed by atoms with Gasteiger partial charge in [-0.15, -0.1) is 0 Å². The average molecular weight is 440 g/mol. The lowest BCUT2D eigenvalue weighted by Gasteiger charge is -2.28. The molecule has 0 bridgehead atoms. The zero-order valence-corrected chi connectivity index (χ0v) is 16.4. The average Bonchev–Trinajstić information content (AvgIpc) is 3.34. The van der Waals surface area contributed by atoms with Gasteiger partial charge in [-0.05, 0) is 37.5 Å². The number of carbonyl (C=O) groups excluding carboxylic acids is 1. The lowest BCUT2D eigenvalue weighted by molar-refractivity contribution is -0.134. The molecular formula is C17H18BrN3O4S. The number of halogens is 1. The number of rotatable bonds is 4. The summed E-state index contributed by atoms with van der Waals surface area (Å²) in [4.78, 5) is 31.5. The maximum Gasteiger partial charge on any atom is 0.261 e. The molecule has 0 radical (unpaired) electrons. The summed E-state index contributed by atoms with van der Waals surface area (Å²) in [6.07, 6.45) is 3.63.